The zero-order chi connectivity index (χ0) is 7.23. The Morgan fingerprint density at radius 2 is 1.90 bits per heavy atom. The van der Waals surface area contributed by atoms with E-state index in [9.17, 15) is 4.79 Å². The van der Waals surface area contributed by atoms with Crippen LogP contribution in [-0.4, -0.2) is 6.29 Å². The standard InChI is InChI=1S/C9H14O/c10-8-4-3-7-9-5-1-2-6-9/h7-8H,1-6H2. The Labute approximate surface area is 62.1 Å². The maximum Gasteiger partial charge on any atom is 0.120 e. The van der Waals surface area contributed by atoms with Crippen molar-refractivity contribution < 1.29 is 4.79 Å². The van der Waals surface area contributed by atoms with E-state index < -0.39 is 0 Å². The summed E-state index contributed by atoms with van der Waals surface area (Å²) in [5.74, 6) is 0. The van der Waals surface area contributed by atoms with E-state index in [2.05, 4.69) is 6.08 Å². The van der Waals surface area contributed by atoms with Gasteiger partial charge in [0.2, 0.25) is 0 Å². The van der Waals surface area contributed by atoms with Crippen LogP contribution in [0.5, 0.6) is 0 Å². The number of carbonyl (C=O) groups is 1. The van der Waals surface area contributed by atoms with E-state index >= 15 is 0 Å². The molecule has 1 fully saturated rings. The fourth-order valence-corrected chi connectivity index (χ4v) is 1.39. The lowest BCUT2D eigenvalue weighted by atomic mass is 10.2. The highest BCUT2D eigenvalue weighted by Gasteiger charge is 2.04. The van der Waals surface area contributed by atoms with Crippen LogP contribution in [0.2, 0.25) is 0 Å². The van der Waals surface area contributed by atoms with E-state index in [1.54, 1.807) is 5.57 Å². The van der Waals surface area contributed by atoms with Crippen molar-refractivity contribution in [2.75, 3.05) is 0 Å². The second-order valence-electron chi connectivity index (χ2n) is 2.81. The Bertz CT molecular complexity index is 128. The van der Waals surface area contributed by atoms with Crippen molar-refractivity contribution in [1.29, 1.82) is 0 Å². The Kier molecular flexibility index (Phi) is 3.20. The summed E-state index contributed by atoms with van der Waals surface area (Å²) in [7, 11) is 0. The first-order chi connectivity index (χ1) is 4.93. The number of aldehydes is 1. The summed E-state index contributed by atoms with van der Waals surface area (Å²) in [5, 5.41) is 0. The molecular formula is C9H14O. The predicted octanol–water partition coefficient (Wildman–Crippen LogP) is 2.47. The van der Waals surface area contributed by atoms with Gasteiger partial charge in [0.25, 0.3) is 0 Å². The molecule has 0 aromatic carbocycles. The topological polar surface area (TPSA) is 17.1 Å². The molecule has 0 aromatic rings. The van der Waals surface area contributed by atoms with E-state index in [0.717, 1.165) is 12.7 Å². The third-order valence-electron chi connectivity index (χ3n) is 1.96. The van der Waals surface area contributed by atoms with Gasteiger partial charge in [0.05, 0.1) is 0 Å². The van der Waals surface area contributed by atoms with Gasteiger partial charge in [-0.2, -0.15) is 0 Å². The van der Waals surface area contributed by atoms with Crippen LogP contribution in [0.3, 0.4) is 0 Å². The number of allylic oxidation sites excluding steroid dienone is 2. The lowest BCUT2D eigenvalue weighted by Gasteiger charge is -1.91. The van der Waals surface area contributed by atoms with Gasteiger partial charge in [0, 0.05) is 6.42 Å². The molecule has 1 aliphatic rings. The highest BCUT2D eigenvalue weighted by Crippen LogP contribution is 2.23. The second kappa shape index (κ2) is 4.26. The van der Waals surface area contributed by atoms with Crippen LogP contribution < -0.4 is 0 Å². The molecule has 0 aromatic heterocycles. The largest absolute Gasteiger partial charge is 0.303 e. The molecule has 0 unspecified atom stereocenters. The summed E-state index contributed by atoms with van der Waals surface area (Å²) in [4.78, 5) is 9.95. The third-order valence-corrected chi connectivity index (χ3v) is 1.96. The Morgan fingerprint density at radius 1 is 1.20 bits per heavy atom. The van der Waals surface area contributed by atoms with Gasteiger partial charge in [-0.05, 0) is 32.1 Å². The summed E-state index contributed by atoms with van der Waals surface area (Å²) in [6.45, 7) is 0. The van der Waals surface area contributed by atoms with Crippen molar-refractivity contribution in [1.82, 2.24) is 0 Å². The van der Waals surface area contributed by atoms with E-state index in [1.807, 2.05) is 0 Å². The molecule has 10 heavy (non-hydrogen) atoms. The summed E-state index contributed by atoms with van der Waals surface area (Å²) in [5.41, 5.74) is 1.57. The second-order valence-corrected chi connectivity index (χ2v) is 2.81. The van der Waals surface area contributed by atoms with Gasteiger partial charge < -0.3 is 4.79 Å². The average Bonchev–Trinajstić information content (AvgIpc) is 2.41. The van der Waals surface area contributed by atoms with Gasteiger partial charge in [-0.1, -0.05) is 11.6 Å². The van der Waals surface area contributed by atoms with Crippen molar-refractivity contribution in [2.24, 2.45) is 0 Å². The molecule has 0 N–H and O–H groups in total. The van der Waals surface area contributed by atoms with E-state index in [4.69, 9.17) is 0 Å². The maximum atomic E-state index is 9.95. The van der Waals surface area contributed by atoms with E-state index in [0.29, 0.717) is 6.42 Å². The fourth-order valence-electron chi connectivity index (χ4n) is 1.39. The highest BCUT2D eigenvalue weighted by atomic mass is 16.1. The highest BCUT2D eigenvalue weighted by molar-refractivity contribution is 5.49. The third kappa shape index (κ3) is 2.34. The molecule has 0 atom stereocenters. The van der Waals surface area contributed by atoms with Crippen molar-refractivity contribution in [3.05, 3.63) is 11.6 Å². The minimum Gasteiger partial charge on any atom is -0.303 e. The van der Waals surface area contributed by atoms with Crippen LogP contribution in [0.4, 0.5) is 0 Å². The number of hydrogen-bond donors (Lipinski definition) is 0. The average molecular weight is 138 g/mol. The summed E-state index contributed by atoms with van der Waals surface area (Å²) >= 11 is 0. The lowest BCUT2D eigenvalue weighted by Crippen LogP contribution is -1.75. The summed E-state index contributed by atoms with van der Waals surface area (Å²) in [6, 6.07) is 0. The van der Waals surface area contributed by atoms with Crippen molar-refractivity contribution >= 4 is 6.29 Å². The normalized spacial score (nSPS) is 17.4. The molecule has 0 heterocycles. The van der Waals surface area contributed by atoms with Gasteiger partial charge in [0.15, 0.2) is 0 Å². The molecule has 0 saturated heterocycles. The lowest BCUT2D eigenvalue weighted by molar-refractivity contribution is -0.107. The quantitative estimate of drug-likeness (QED) is 0.332. The molecule has 0 radical (unpaired) electrons. The first kappa shape index (κ1) is 7.52. The first-order valence-electron chi connectivity index (χ1n) is 4.05. The zero-order valence-corrected chi connectivity index (χ0v) is 6.31. The summed E-state index contributed by atoms with van der Waals surface area (Å²) in [6.07, 6.45) is 10.1. The molecule has 0 bridgehead atoms. The molecular weight excluding hydrogens is 124 g/mol. The van der Waals surface area contributed by atoms with Crippen molar-refractivity contribution in [2.45, 2.75) is 38.5 Å². The first-order valence-corrected chi connectivity index (χ1v) is 4.05. The monoisotopic (exact) mass is 138 g/mol. The molecule has 1 heteroatoms. The summed E-state index contributed by atoms with van der Waals surface area (Å²) < 4.78 is 0. The van der Waals surface area contributed by atoms with Crippen LogP contribution >= 0.6 is 0 Å². The predicted molar refractivity (Wildman–Crippen MR) is 41.8 cm³/mol. The van der Waals surface area contributed by atoms with Gasteiger partial charge in [0.1, 0.15) is 6.29 Å². The van der Waals surface area contributed by atoms with Gasteiger partial charge in [-0.3, -0.25) is 0 Å². The molecule has 1 nitrogen and oxygen atoms in total. The number of rotatable bonds is 3. The molecule has 1 saturated carbocycles. The zero-order valence-electron chi connectivity index (χ0n) is 6.31. The smallest absolute Gasteiger partial charge is 0.120 e. The minimum atomic E-state index is 0.698. The van der Waals surface area contributed by atoms with Crippen LogP contribution in [-0.2, 0) is 4.79 Å². The Hall–Kier alpha value is -0.590. The molecule has 56 valence electrons. The Morgan fingerprint density at radius 3 is 2.50 bits per heavy atom. The molecule has 1 rings (SSSR count). The van der Waals surface area contributed by atoms with Crippen LogP contribution in [0.25, 0.3) is 0 Å². The van der Waals surface area contributed by atoms with Crippen molar-refractivity contribution in [3.63, 3.8) is 0 Å². The molecule has 1 aliphatic carbocycles. The SMILES string of the molecule is O=CCCC=C1CCCC1. The van der Waals surface area contributed by atoms with Crippen LogP contribution in [0.1, 0.15) is 38.5 Å². The number of unbranched alkanes of at least 4 members (excludes halogenated alkanes) is 1. The maximum absolute atomic E-state index is 9.95. The van der Waals surface area contributed by atoms with Gasteiger partial charge in [-0.25, -0.2) is 0 Å². The Balaban J connectivity index is 2.18. The van der Waals surface area contributed by atoms with Gasteiger partial charge >= 0.3 is 0 Å². The van der Waals surface area contributed by atoms with Gasteiger partial charge in [-0.15, -0.1) is 0 Å². The van der Waals surface area contributed by atoms with Crippen molar-refractivity contribution in [3.8, 4) is 0 Å². The molecule has 0 aliphatic heterocycles. The number of carbonyl (C=O) groups excluding carboxylic acids is 1. The van der Waals surface area contributed by atoms with Crippen LogP contribution in [0.15, 0.2) is 11.6 Å². The molecule has 0 spiro atoms. The van der Waals surface area contributed by atoms with Crippen LogP contribution in [0, 0.1) is 0 Å². The van der Waals surface area contributed by atoms with E-state index in [1.165, 1.54) is 25.7 Å². The minimum absolute atomic E-state index is 0.698. The number of hydrogen-bond acceptors (Lipinski definition) is 1. The molecule has 0 amide bonds. The van der Waals surface area contributed by atoms with E-state index in [-0.39, 0.29) is 0 Å². The fraction of sp³-hybridized carbons (Fsp3) is 0.667.